The van der Waals surface area contributed by atoms with E-state index in [1.807, 2.05) is 25.8 Å². The fourth-order valence-electron chi connectivity index (χ4n) is 1.76. The molecule has 3 heteroatoms. The number of hydrogen-bond donors (Lipinski definition) is 0. The fourth-order valence-corrected chi connectivity index (χ4v) is 1.76. The molecule has 0 aromatic heterocycles. The molecule has 1 fully saturated rings. The highest BCUT2D eigenvalue weighted by Gasteiger charge is 2.25. The third-order valence-corrected chi connectivity index (χ3v) is 2.67. The lowest BCUT2D eigenvalue weighted by molar-refractivity contribution is -0.126. The predicted molar refractivity (Wildman–Crippen MR) is 58.1 cm³/mol. The maximum Gasteiger partial charge on any atom is 0.246 e. The van der Waals surface area contributed by atoms with Crippen molar-refractivity contribution in [3.8, 4) is 0 Å². The van der Waals surface area contributed by atoms with Crippen LogP contribution in [0.1, 0.15) is 20.3 Å². The lowest BCUT2D eigenvalue weighted by Crippen LogP contribution is -2.37. The van der Waals surface area contributed by atoms with Crippen molar-refractivity contribution < 1.29 is 4.79 Å². The minimum Gasteiger partial charge on any atom is -0.338 e. The van der Waals surface area contributed by atoms with Crippen molar-refractivity contribution in [1.29, 1.82) is 0 Å². The first-order valence-electron chi connectivity index (χ1n) is 5.11. The van der Waals surface area contributed by atoms with E-state index in [4.69, 9.17) is 0 Å². The van der Waals surface area contributed by atoms with Crippen molar-refractivity contribution >= 4 is 5.91 Å². The van der Waals surface area contributed by atoms with Gasteiger partial charge in [0, 0.05) is 25.7 Å². The van der Waals surface area contributed by atoms with E-state index in [1.165, 1.54) is 0 Å². The van der Waals surface area contributed by atoms with Crippen LogP contribution in [0.2, 0.25) is 0 Å². The van der Waals surface area contributed by atoms with Gasteiger partial charge in [-0.15, -0.1) is 0 Å². The molecule has 1 aliphatic heterocycles. The molecule has 0 saturated carbocycles. The first kappa shape index (κ1) is 11.2. The minimum absolute atomic E-state index is 0.130. The Morgan fingerprint density at radius 3 is 2.57 bits per heavy atom. The number of carbonyl (C=O) groups is 1. The van der Waals surface area contributed by atoms with Crippen molar-refractivity contribution in [2.75, 3.05) is 27.2 Å². The Morgan fingerprint density at radius 2 is 2.14 bits per heavy atom. The standard InChI is InChI=1S/C11H20N2O/c1-9(2)7-11(14)13(4)10-5-6-12(3)8-10/h7,10H,5-6,8H2,1-4H3. The molecule has 14 heavy (non-hydrogen) atoms. The molecule has 0 radical (unpaired) electrons. The number of rotatable bonds is 2. The summed E-state index contributed by atoms with van der Waals surface area (Å²) < 4.78 is 0. The largest absolute Gasteiger partial charge is 0.338 e. The average Bonchev–Trinajstić information content (AvgIpc) is 2.49. The van der Waals surface area contributed by atoms with Crippen LogP contribution in [0.15, 0.2) is 11.6 Å². The van der Waals surface area contributed by atoms with Gasteiger partial charge in [-0.05, 0) is 33.9 Å². The minimum atomic E-state index is 0.130. The summed E-state index contributed by atoms with van der Waals surface area (Å²) in [5.74, 6) is 0.130. The molecule has 1 atom stereocenters. The summed E-state index contributed by atoms with van der Waals surface area (Å²) in [7, 11) is 3.99. The molecule has 1 amide bonds. The van der Waals surface area contributed by atoms with Crippen molar-refractivity contribution in [3.63, 3.8) is 0 Å². The van der Waals surface area contributed by atoms with Gasteiger partial charge in [0.1, 0.15) is 0 Å². The Morgan fingerprint density at radius 1 is 1.50 bits per heavy atom. The van der Waals surface area contributed by atoms with Crippen LogP contribution in [0.3, 0.4) is 0 Å². The molecule has 3 nitrogen and oxygen atoms in total. The van der Waals surface area contributed by atoms with Crippen molar-refractivity contribution in [2.24, 2.45) is 0 Å². The summed E-state index contributed by atoms with van der Waals surface area (Å²) >= 11 is 0. The zero-order valence-electron chi connectivity index (χ0n) is 9.58. The van der Waals surface area contributed by atoms with Crippen molar-refractivity contribution in [3.05, 3.63) is 11.6 Å². The number of likely N-dealkylation sites (N-methyl/N-ethyl adjacent to an activating group) is 2. The number of hydrogen-bond acceptors (Lipinski definition) is 2. The molecular weight excluding hydrogens is 176 g/mol. The summed E-state index contributed by atoms with van der Waals surface area (Å²) in [6, 6.07) is 0.392. The smallest absolute Gasteiger partial charge is 0.246 e. The third kappa shape index (κ3) is 2.84. The maximum absolute atomic E-state index is 11.7. The number of amides is 1. The van der Waals surface area contributed by atoms with Crippen LogP contribution in [0.5, 0.6) is 0 Å². The van der Waals surface area contributed by atoms with E-state index in [-0.39, 0.29) is 5.91 Å². The molecule has 1 saturated heterocycles. The molecule has 1 unspecified atom stereocenters. The molecule has 80 valence electrons. The average molecular weight is 196 g/mol. The molecule has 0 N–H and O–H groups in total. The lowest BCUT2D eigenvalue weighted by Gasteiger charge is -2.23. The van der Waals surface area contributed by atoms with E-state index < -0.39 is 0 Å². The number of nitrogens with zero attached hydrogens (tertiary/aromatic N) is 2. The van der Waals surface area contributed by atoms with Gasteiger partial charge in [-0.3, -0.25) is 4.79 Å². The third-order valence-electron chi connectivity index (χ3n) is 2.67. The topological polar surface area (TPSA) is 23.6 Å². The van der Waals surface area contributed by atoms with Crippen molar-refractivity contribution in [1.82, 2.24) is 9.80 Å². The van der Waals surface area contributed by atoms with Crippen LogP contribution in [0.25, 0.3) is 0 Å². The lowest BCUT2D eigenvalue weighted by atomic mass is 10.2. The normalized spacial score (nSPS) is 22.1. The Balaban J connectivity index is 2.53. The van der Waals surface area contributed by atoms with Gasteiger partial charge in [-0.25, -0.2) is 0 Å². The Hall–Kier alpha value is -0.830. The van der Waals surface area contributed by atoms with Crippen LogP contribution < -0.4 is 0 Å². The van der Waals surface area contributed by atoms with E-state index in [0.717, 1.165) is 25.1 Å². The molecule has 0 aromatic carbocycles. The van der Waals surface area contributed by atoms with Gasteiger partial charge < -0.3 is 9.80 Å². The second-order valence-corrected chi connectivity index (χ2v) is 4.38. The molecule has 1 rings (SSSR count). The predicted octanol–water partition coefficient (Wildman–Crippen LogP) is 1.12. The van der Waals surface area contributed by atoms with Gasteiger partial charge in [0.25, 0.3) is 0 Å². The number of carbonyl (C=O) groups excluding carboxylic acids is 1. The zero-order valence-corrected chi connectivity index (χ0v) is 9.58. The highest BCUT2D eigenvalue weighted by molar-refractivity contribution is 5.88. The monoisotopic (exact) mass is 196 g/mol. The van der Waals surface area contributed by atoms with E-state index >= 15 is 0 Å². The number of likely N-dealkylation sites (tertiary alicyclic amines) is 1. The fraction of sp³-hybridized carbons (Fsp3) is 0.727. The number of allylic oxidation sites excluding steroid dienone is 1. The molecule has 0 aromatic rings. The quantitative estimate of drug-likeness (QED) is 0.618. The highest BCUT2D eigenvalue weighted by atomic mass is 16.2. The van der Waals surface area contributed by atoms with Crippen LogP contribution in [0, 0.1) is 0 Å². The summed E-state index contributed by atoms with van der Waals surface area (Å²) in [5.41, 5.74) is 1.06. The second kappa shape index (κ2) is 4.60. The Labute approximate surface area is 86.4 Å². The summed E-state index contributed by atoms with van der Waals surface area (Å²) in [5, 5.41) is 0. The molecular formula is C11H20N2O. The van der Waals surface area contributed by atoms with Crippen LogP contribution in [0.4, 0.5) is 0 Å². The highest BCUT2D eigenvalue weighted by Crippen LogP contribution is 2.13. The van der Waals surface area contributed by atoms with E-state index in [9.17, 15) is 4.79 Å². The first-order chi connectivity index (χ1) is 6.50. The van der Waals surface area contributed by atoms with Crippen molar-refractivity contribution in [2.45, 2.75) is 26.3 Å². The van der Waals surface area contributed by atoms with E-state index in [2.05, 4.69) is 11.9 Å². The van der Waals surface area contributed by atoms with Crippen LogP contribution in [-0.2, 0) is 4.79 Å². The summed E-state index contributed by atoms with van der Waals surface area (Å²) in [6.45, 7) is 6.00. The van der Waals surface area contributed by atoms with E-state index in [0.29, 0.717) is 6.04 Å². The molecule has 1 heterocycles. The zero-order chi connectivity index (χ0) is 10.7. The maximum atomic E-state index is 11.7. The van der Waals surface area contributed by atoms with E-state index in [1.54, 1.807) is 6.08 Å². The van der Waals surface area contributed by atoms with Gasteiger partial charge in [0.15, 0.2) is 0 Å². The molecule has 0 aliphatic carbocycles. The van der Waals surface area contributed by atoms with Gasteiger partial charge in [-0.1, -0.05) is 5.57 Å². The van der Waals surface area contributed by atoms with Crippen LogP contribution in [-0.4, -0.2) is 48.9 Å². The van der Waals surface area contributed by atoms with Gasteiger partial charge in [0.2, 0.25) is 5.91 Å². The molecule has 1 aliphatic rings. The molecule has 0 bridgehead atoms. The Bertz CT molecular complexity index is 244. The first-order valence-corrected chi connectivity index (χ1v) is 5.11. The summed E-state index contributed by atoms with van der Waals surface area (Å²) in [6.07, 6.45) is 2.80. The summed E-state index contributed by atoms with van der Waals surface area (Å²) in [4.78, 5) is 15.8. The van der Waals surface area contributed by atoms with Gasteiger partial charge in [-0.2, -0.15) is 0 Å². The van der Waals surface area contributed by atoms with Crippen LogP contribution >= 0.6 is 0 Å². The SMILES string of the molecule is CC(C)=CC(=O)N(C)C1CCN(C)C1. The Kier molecular flexibility index (Phi) is 3.69. The second-order valence-electron chi connectivity index (χ2n) is 4.38. The van der Waals surface area contributed by atoms with Gasteiger partial charge >= 0.3 is 0 Å². The molecule has 0 spiro atoms. The van der Waals surface area contributed by atoms with Gasteiger partial charge in [0.05, 0.1) is 0 Å².